The largest absolute Gasteiger partial charge is 0.497 e. The molecule has 0 saturated carbocycles. The quantitative estimate of drug-likeness (QED) is 0.207. The van der Waals surface area contributed by atoms with Crippen LogP contribution in [0.3, 0.4) is 0 Å². The van der Waals surface area contributed by atoms with Crippen molar-refractivity contribution in [3.63, 3.8) is 0 Å². The highest BCUT2D eigenvalue weighted by Crippen LogP contribution is 2.38. The Morgan fingerprint density at radius 3 is 2.53 bits per heavy atom. The molecule has 38 heavy (non-hydrogen) atoms. The molecule has 0 aromatic heterocycles. The fraction of sp³-hybridized carbons (Fsp3) is 0.312. The van der Waals surface area contributed by atoms with Crippen LogP contribution in [0.2, 0.25) is 0 Å². The van der Waals surface area contributed by atoms with Gasteiger partial charge in [-0.25, -0.2) is 0 Å². The van der Waals surface area contributed by atoms with Gasteiger partial charge in [0.15, 0.2) is 0 Å². The lowest BCUT2D eigenvalue weighted by Crippen LogP contribution is -2.32. The molecule has 0 heterocycles. The van der Waals surface area contributed by atoms with Crippen LogP contribution in [-0.2, 0) is 27.2 Å². The van der Waals surface area contributed by atoms with Gasteiger partial charge in [0.2, 0.25) is 5.91 Å². The average molecular weight is 530 g/mol. The molecular weight excluding hydrogens is 494 g/mol. The van der Waals surface area contributed by atoms with Crippen LogP contribution in [0.5, 0.6) is 5.75 Å². The normalized spacial score (nSPS) is 13.2. The van der Waals surface area contributed by atoms with Crippen molar-refractivity contribution in [3.8, 4) is 5.75 Å². The third-order valence-electron chi connectivity index (χ3n) is 6.86. The van der Waals surface area contributed by atoms with Crippen LogP contribution in [-0.4, -0.2) is 38.4 Å². The minimum Gasteiger partial charge on any atom is -0.497 e. The van der Waals surface area contributed by atoms with Gasteiger partial charge in [-0.2, -0.15) is 0 Å². The molecule has 3 aromatic carbocycles. The number of thioether (sulfide) groups is 1. The molecule has 0 unspecified atom stereocenters. The van der Waals surface area contributed by atoms with E-state index in [1.165, 1.54) is 16.7 Å². The number of carbonyl (C=O) groups excluding carboxylic acids is 2. The summed E-state index contributed by atoms with van der Waals surface area (Å²) < 4.78 is 10.5. The Hall–Kier alpha value is -3.51. The van der Waals surface area contributed by atoms with Gasteiger partial charge >= 0.3 is 5.97 Å². The van der Waals surface area contributed by atoms with Crippen molar-refractivity contribution in [2.75, 3.05) is 31.4 Å². The van der Waals surface area contributed by atoms with E-state index in [1.807, 2.05) is 51.2 Å². The molecule has 0 spiro atoms. The molecule has 1 aliphatic carbocycles. The van der Waals surface area contributed by atoms with Crippen LogP contribution in [0.1, 0.15) is 37.0 Å². The monoisotopic (exact) mass is 529 g/mol. The zero-order chi connectivity index (χ0) is 27.1. The lowest BCUT2D eigenvalue weighted by molar-refractivity contribution is -0.141. The van der Waals surface area contributed by atoms with E-state index >= 15 is 0 Å². The number of rotatable bonds is 11. The SMILES string of the molecule is CCOC(=O)CC1=C(CSc2cccc(C[C@H](C)C(=O)N(C)c3ccc(OC)cc3)c2)Cc2ccccc21. The van der Waals surface area contributed by atoms with Crippen LogP contribution in [0.4, 0.5) is 5.69 Å². The van der Waals surface area contributed by atoms with Gasteiger partial charge in [-0.1, -0.05) is 48.9 Å². The first-order valence-electron chi connectivity index (χ1n) is 13.0. The predicted molar refractivity (Wildman–Crippen MR) is 155 cm³/mol. The zero-order valence-corrected chi connectivity index (χ0v) is 23.3. The van der Waals surface area contributed by atoms with E-state index in [0.29, 0.717) is 19.4 Å². The van der Waals surface area contributed by atoms with Crippen molar-refractivity contribution in [3.05, 3.63) is 95.1 Å². The molecule has 3 aromatic rings. The number of benzene rings is 3. The highest BCUT2D eigenvalue weighted by Gasteiger charge is 2.24. The number of nitrogens with zero attached hydrogens (tertiary/aromatic N) is 1. The maximum absolute atomic E-state index is 13.1. The molecule has 1 amide bonds. The van der Waals surface area contributed by atoms with Crippen molar-refractivity contribution in [2.45, 2.75) is 38.0 Å². The van der Waals surface area contributed by atoms with Crippen molar-refractivity contribution >= 4 is 34.9 Å². The molecule has 198 valence electrons. The van der Waals surface area contributed by atoms with Gasteiger partial charge < -0.3 is 14.4 Å². The molecule has 0 bridgehead atoms. The van der Waals surface area contributed by atoms with E-state index in [0.717, 1.165) is 39.6 Å². The fourth-order valence-electron chi connectivity index (χ4n) is 4.85. The Bertz CT molecular complexity index is 1320. The van der Waals surface area contributed by atoms with E-state index in [4.69, 9.17) is 9.47 Å². The van der Waals surface area contributed by atoms with Crippen molar-refractivity contribution in [1.82, 2.24) is 0 Å². The molecule has 5 nitrogen and oxygen atoms in total. The molecule has 0 saturated heterocycles. The van der Waals surface area contributed by atoms with E-state index in [-0.39, 0.29) is 17.8 Å². The molecule has 0 N–H and O–H groups in total. The van der Waals surface area contributed by atoms with E-state index in [2.05, 4.69) is 42.5 Å². The number of methoxy groups -OCH3 is 1. The highest BCUT2D eigenvalue weighted by molar-refractivity contribution is 7.99. The first kappa shape index (κ1) is 27.5. The summed E-state index contributed by atoms with van der Waals surface area (Å²) in [6, 6.07) is 24.3. The first-order chi connectivity index (χ1) is 18.4. The third-order valence-corrected chi connectivity index (χ3v) is 7.94. The first-order valence-corrected chi connectivity index (χ1v) is 14.0. The van der Waals surface area contributed by atoms with Gasteiger partial charge in [0.1, 0.15) is 5.75 Å². The zero-order valence-electron chi connectivity index (χ0n) is 22.5. The standard InChI is InChI=1S/C32H35NO4S/c1-5-37-31(34)20-30-25(19-24-10-6-7-12-29(24)30)21-38-28-11-8-9-23(18-28)17-22(2)32(35)33(3)26-13-15-27(36-4)16-14-26/h6-16,18,22H,5,17,19-21H2,1-4H3/t22-/m0/s1. The second-order valence-electron chi connectivity index (χ2n) is 9.53. The Morgan fingerprint density at radius 2 is 1.79 bits per heavy atom. The van der Waals surface area contributed by atoms with Crippen molar-refractivity contribution < 1.29 is 19.1 Å². The summed E-state index contributed by atoms with van der Waals surface area (Å²) in [5, 5.41) is 0. The summed E-state index contributed by atoms with van der Waals surface area (Å²) in [6.07, 6.45) is 1.83. The van der Waals surface area contributed by atoms with Gasteiger partial charge in [-0.15, -0.1) is 11.8 Å². The molecule has 1 atom stereocenters. The van der Waals surface area contributed by atoms with E-state index < -0.39 is 0 Å². The number of amides is 1. The summed E-state index contributed by atoms with van der Waals surface area (Å²) >= 11 is 1.77. The van der Waals surface area contributed by atoms with Gasteiger partial charge in [0.05, 0.1) is 20.1 Å². The van der Waals surface area contributed by atoms with Crippen LogP contribution in [0, 0.1) is 5.92 Å². The third kappa shape index (κ3) is 6.67. The van der Waals surface area contributed by atoms with Crippen LogP contribution < -0.4 is 9.64 Å². The molecular formula is C32H35NO4S. The summed E-state index contributed by atoms with van der Waals surface area (Å²) in [7, 11) is 3.44. The van der Waals surface area contributed by atoms with Gasteiger partial charge in [0.25, 0.3) is 0 Å². The maximum Gasteiger partial charge on any atom is 0.310 e. The maximum atomic E-state index is 13.1. The number of fused-ring (bicyclic) bond motifs is 1. The minimum atomic E-state index is -0.179. The molecule has 0 fully saturated rings. The predicted octanol–water partition coefficient (Wildman–Crippen LogP) is 6.59. The molecule has 0 aliphatic heterocycles. The molecule has 6 heteroatoms. The molecule has 1 aliphatic rings. The van der Waals surface area contributed by atoms with Crippen molar-refractivity contribution in [1.29, 1.82) is 0 Å². The van der Waals surface area contributed by atoms with Crippen LogP contribution >= 0.6 is 11.8 Å². The second-order valence-corrected chi connectivity index (χ2v) is 10.6. The van der Waals surface area contributed by atoms with E-state index in [1.54, 1.807) is 23.8 Å². The molecule has 4 rings (SSSR count). The van der Waals surface area contributed by atoms with Crippen LogP contribution in [0.15, 0.2) is 83.3 Å². The summed E-state index contributed by atoms with van der Waals surface area (Å²) in [4.78, 5) is 28.3. The summed E-state index contributed by atoms with van der Waals surface area (Å²) in [5.41, 5.74) is 6.79. The minimum absolute atomic E-state index is 0.0747. The Morgan fingerprint density at radius 1 is 1.03 bits per heavy atom. The van der Waals surface area contributed by atoms with E-state index in [9.17, 15) is 9.59 Å². The second kappa shape index (κ2) is 12.8. The van der Waals surface area contributed by atoms with Crippen LogP contribution in [0.25, 0.3) is 5.57 Å². The molecule has 0 radical (unpaired) electrons. The number of anilines is 1. The average Bonchev–Trinajstić information content (AvgIpc) is 3.28. The number of hydrogen-bond donors (Lipinski definition) is 0. The lowest BCUT2D eigenvalue weighted by Gasteiger charge is -2.22. The number of ether oxygens (including phenoxy) is 2. The number of hydrogen-bond acceptors (Lipinski definition) is 5. The number of esters is 1. The van der Waals surface area contributed by atoms with Gasteiger partial charge in [-0.3, -0.25) is 9.59 Å². The Balaban J connectivity index is 1.41. The van der Waals surface area contributed by atoms with Crippen molar-refractivity contribution in [2.24, 2.45) is 5.92 Å². The summed E-state index contributed by atoms with van der Waals surface area (Å²) in [6.45, 7) is 4.20. The van der Waals surface area contributed by atoms with Gasteiger partial charge in [0, 0.05) is 29.3 Å². The highest BCUT2D eigenvalue weighted by atomic mass is 32.2. The van der Waals surface area contributed by atoms with Gasteiger partial charge in [-0.05, 0) is 78.4 Å². The Kier molecular flexibility index (Phi) is 9.29. The summed E-state index contributed by atoms with van der Waals surface area (Å²) in [5.74, 6) is 1.31. The topological polar surface area (TPSA) is 55.8 Å². The lowest BCUT2D eigenvalue weighted by atomic mass is 9.99. The smallest absolute Gasteiger partial charge is 0.310 e. The Labute approximate surface area is 229 Å². The number of carbonyl (C=O) groups is 2. The fourth-order valence-corrected chi connectivity index (χ4v) is 5.87.